The Morgan fingerprint density at radius 1 is 1.53 bits per heavy atom. The van der Waals surface area contributed by atoms with Gasteiger partial charge < -0.3 is 11.1 Å². The SMILES string of the molecule is CC12CCC(C1)C(C)(C)C2NC(=O)c1cn[nH]c1N. The van der Waals surface area contributed by atoms with E-state index in [4.69, 9.17) is 5.73 Å². The molecule has 2 aliphatic carbocycles. The lowest BCUT2D eigenvalue weighted by Gasteiger charge is -2.43. The lowest BCUT2D eigenvalue weighted by atomic mass is 9.68. The van der Waals surface area contributed by atoms with E-state index in [0.29, 0.717) is 17.3 Å². The van der Waals surface area contributed by atoms with Crippen molar-refractivity contribution in [1.29, 1.82) is 0 Å². The topological polar surface area (TPSA) is 83.8 Å². The molecule has 2 fully saturated rings. The quantitative estimate of drug-likeness (QED) is 0.761. The summed E-state index contributed by atoms with van der Waals surface area (Å²) in [7, 11) is 0. The number of nitrogens with two attached hydrogens (primary N) is 1. The summed E-state index contributed by atoms with van der Waals surface area (Å²) >= 11 is 0. The van der Waals surface area contributed by atoms with Crippen molar-refractivity contribution in [3.8, 4) is 0 Å². The molecule has 5 heteroatoms. The summed E-state index contributed by atoms with van der Waals surface area (Å²) in [4.78, 5) is 12.3. The molecule has 4 N–H and O–H groups in total. The Hall–Kier alpha value is -1.52. The molecule has 0 radical (unpaired) electrons. The molecule has 3 rings (SSSR count). The van der Waals surface area contributed by atoms with Crippen molar-refractivity contribution in [2.24, 2.45) is 16.7 Å². The number of fused-ring (bicyclic) bond motifs is 2. The number of anilines is 1. The summed E-state index contributed by atoms with van der Waals surface area (Å²) in [5, 5.41) is 9.62. The minimum atomic E-state index is -0.113. The molecule has 1 aromatic rings. The Kier molecular flexibility index (Phi) is 2.46. The van der Waals surface area contributed by atoms with Crippen LogP contribution in [-0.2, 0) is 0 Å². The molecule has 3 atom stereocenters. The Bertz CT molecular complexity index is 517. The number of carbonyl (C=O) groups excluding carboxylic acids is 1. The van der Waals surface area contributed by atoms with Gasteiger partial charge >= 0.3 is 0 Å². The van der Waals surface area contributed by atoms with Gasteiger partial charge in [0, 0.05) is 6.04 Å². The first-order chi connectivity index (χ1) is 8.84. The lowest BCUT2D eigenvalue weighted by molar-refractivity contribution is 0.0738. The first-order valence-corrected chi connectivity index (χ1v) is 6.94. The predicted octanol–water partition coefficient (Wildman–Crippen LogP) is 1.94. The third kappa shape index (κ3) is 1.67. The van der Waals surface area contributed by atoms with Crippen molar-refractivity contribution in [2.75, 3.05) is 5.73 Å². The molecule has 1 aromatic heterocycles. The number of carbonyl (C=O) groups is 1. The van der Waals surface area contributed by atoms with Crippen LogP contribution in [0.1, 0.15) is 50.4 Å². The maximum atomic E-state index is 12.3. The standard InChI is InChI=1S/C14H22N4O/c1-13(2)8-4-5-14(3,6-8)12(13)17-11(19)9-7-16-18-10(9)15/h7-8,12H,4-6H2,1-3H3,(H,17,19)(H3,15,16,18). The second-order valence-electron chi connectivity index (χ2n) is 7.02. The van der Waals surface area contributed by atoms with Crippen molar-refractivity contribution >= 4 is 11.7 Å². The Morgan fingerprint density at radius 3 is 2.79 bits per heavy atom. The maximum Gasteiger partial charge on any atom is 0.256 e. The zero-order valence-electron chi connectivity index (χ0n) is 11.8. The van der Waals surface area contributed by atoms with Gasteiger partial charge in [0.2, 0.25) is 0 Å². The van der Waals surface area contributed by atoms with Gasteiger partial charge in [0.15, 0.2) is 0 Å². The summed E-state index contributed by atoms with van der Waals surface area (Å²) in [5.74, 6) is 0.936. The fraction of sp³-hybridized carbons (Fsp3) is 0.714. The van der Waals surface area contributed by atoms with Crippen LogP contribution in [0.4, 0.5) is 5.82 Å². The van der Waals surface area contributed by atoms with E-state index in [9.17, 15) is 4.79 Å². The third-order valence-electron chi connectivity index (χ3n) is 5.46. The van der Waals surface area contributed by atoms with E-state index in [1.165, 1.54) is 25.5 Å². The van der Waals surface area contributed by atoms with E-state index in [1.54, 1.807) is 0 Å². The first-order valence-electron chi connectivity index (χ1n) is 6.94. The molecule has 0 spiro atoms. The van der Waals surface area contributed by atoms with Crippen LogP contribution in [0.2, 0.25) is 0 Å². The normalized spacial score (nSPS) is 35.5. The highest BCUT2D eigenvalue weighted by Gasteiger charge is 2.59. The van der Waals surface area contributed by atoms with E-state index < -0.39 is 0 Å². The highest BCUT2D eigenvalue weighted by molar-refractivity contribution is 5.98. The van der Waals surface area contributed by atoms with Crippen LogP contribution in [0.3, 0.4) is 0 Å². The van der Waals surface area contributed by atoms with Crippen LogP contribution >= 0.6 is 0 Å². The summed E-state index contributed by atoms with van der Waals surface area (Å²) < 4.78 is 0. The Morgan fingerprint density at radius 2 is 2.26 bits per heavy atom. The number of nitrogens with one attached hydrogen (secondary N) is 2. The number of H-pyrrole nitrogens is 1. The van der Waals surface area contributed by atoms with Gasteiger partial charge in [0.05, 0.1) is 6.20 Å². The van der Waals surface area contributed by atoms with Gasteiger partial charge in [-0.05, 0) is 36.0 Å². The molecule has 3 unspecified atom stereocenters. The fourth-order valence-electron chi connectivity index (χ4n) is 4.35. The zero-order chi connectivity index (χ0) is 13.8. The van der Waals surface area contributed by atoms with E-state index in [2.05, 4.69) is 36.3 Å². The highest BCUT2D eigenvalue weighted by atomic mass is 16.1. The van der Waals surface area contributed by atoms with Crippen molar-refractivity contribution in [2.45, 2.75) is 46.1 Å². The number of nitrogen functional groups attached to an aromatic ring is 1. The van der Waals surface area contributed by atoms with Crippen molar-refractivity contribution in [3.05, 3.63) is 11.8 Å². The van der Waals surface area contributed by atoms with Gasteiger partial charge in [0.25, 0.3) is 5.91 Å². The second-order valence-corrected chi connectivity index (χ2v) is 7.02. The minimum absolute atomic E-state index is 0.113. The molecule has 5 nitrogen and oxygen atoms in total. The summed E-state index contributed by atoms with van der Waals surface area (Å²) in [5.41, 5.74) is 6.54. The van der Waals surface area contributed by atoms with Gasteiger partial charge in [-0.25, -0.2) is 0 Å². The zero-order valence-corrected chi connectivity index (χ0v) is 11.8. The number of rotatable bonds is 2. The summed E-state index contributed by atoms with van der Waals surface area (Å²) in [6.07, 6.45) is 5.19. The van der Waals surface area contributed by atoms with Gasteiger partial charge in [0.1, 0.15) is 11.4 Å². The first kappa shape index (κ1) is 12.5. The van der Waals surface area contributed by atoms with E-state index in [1.807, 2.05) is 0 Å². The smallest absolute Gasteiger partial charge is 0.256 e. The predicted molar refractivity (Wildman–Crippen MR) is 73.5 cm³/mol. The van der Waals surface area contributed by atoms with Crippen LogP contribution in [0.5, 0.6) is 0 Å². The molecule has 0 saturated heterocycles. The second kappa shape index (κ2) is 3.74. The van der Waals surface area contributed by atoms with Gasteiger partial charge in [-0.1, -0.05) is 20.8 Å². The molecule has 19 heavy (non-hydrogen) atoms. The monoisotopic (exact) mass is 262 g/mol. The van der Waals surface area contributed by atoms with Gasteiger partial charge in [-0.15, -0.1) is 0 Å². The number of nitrogens with zero attached hydrogens (tertiary/aromatic N) is 1. The maximum absolute atomic E-state index is 12.3. The number of amides is 1. The molecular weight excluding hydrogens is 240 g/mol. The van der Waals surface area contributed by atoms with Gasteiger partial charge in [-0.3, -0.25) is 9.89 Å². The number of hydrogen-bond acceptors (Lipinski definition) is 3. The Labute approximate surface area is 113 Å². The summed E-state index contributed by atoms with van der Waals surface area (Å²) in [6.45, 7) is 6.84. The number of hydrogen-bond donors (Lipinski definition) is 3. The van der Waals surface area contributed by atoms with Crippen LogP contribution in [-0.4, -0.2) is 22.1 Å². The van der Waals surface area contributed by atoms with Crippen molar-refractivity contribution in [1.82, 2.24) is 15.5 Å². The lowest BCUT2D eigenvalue weighted by Crippen LogP contribution is -2.52. The molecule has 0 aliphatic heterocycles. The molecule has 0 aromatic carbocycles. The molecule has 2 aliphatic rings. The number of aromatic nitrogens is 2. The molecule has 1 heterocycles. The van der Waals surface area contributed by atoms with Crippen LogP contribution in [0.25, 0.3) is 0 Å². The van der Waals surface area contributed by atoms with Crippen LogP contribution in [0, 0.1) is 16.7 Å². The van der Waals surface area contributed by atoms with Gasteiger partial charge in [-0.2, -0.15) is 5.10 Å². The van der Waals surface area contributed by atoms with Crippen molar-refractivity contribution < 1.29 is 4.79 Å². The van der Waals surface area contributed by atoms with E-state index in [0.717, 1.165) is 0 Å². The van der Waals surface area contributed by atoms with E-state index in [-0.39, 0.29) is 22.8 Å². The van der Waals surface area contributed by atoms with E-state index >= 15 is 0 Å². The van der Waals surface area contributed by atoms with Crippen LogP contribution in [0.15, 0.2) is 6.20 Å². The van der Waals surface area contributed by atoms with Crippen LogP contribution < -0.4 is 11.1 Å². The average molecular weight is 262 g/mol. The molecule has 2 saturated carbocycles. The average Bonchev–Trinajstić information content (AvgIpc) is 2.95. The fourth-order valence-corrected chi connectivity index (χ4v) is 4.35. The third-order valence-corrected chi connectivity index (χ3v) is 5.46. The molecule has 1 amide bonds. The molecule has 104 valence electrons. The Balaban J connectivity index is 1.84. The largest absolute Gasteiger partial charge is 0.383 e. The molecular formula is C14H22N4O. The number of aromatic amines is 1. The van der Waals surface area contributed by atoms with Crippen molar-refractivity contribution in [3.63, 3.8) is 0 Å². The molecule has 2 bridgehead atoms. The minimum Gasteiger partial charge on any atom is -0.383 e. The highest BCUT2D eigenvalue weighted by Crippen LogP contribution is 2.62. The summed E-state index contributed by atoms with van der Waals surface area (Å²) in [6, 6.07) is 0.209.